The van der Waals surface area contributed by atoms with E-state index in [1.165, 1.54) is 34.0 Å². The van der Waals surface area contributed by atoms with Gasteiger partial charge in [0.2, 0.25) is 5.91 Å². The lowest BCUT2D eigenvalue weighted by atomic mass is 9.84. The van der Waals surface area contributed by atoms with E-state index in [-0.39, 0.29) is 17.7 Å². The van der Waals surface area contributed by atoms with E-state index in [0.29, 0.717) is 0 Å². The Kier molecular flexibility index (Phi) is 7.92. The number of amides is 1. The van der Waals surface area contributed by atoms with Gasteiger partial charge in [0.1, 0.15) is 6.04 Å². The van der Waals surface area contributed by atoms with Gasteiger partial charge in [-0.05, 0) is 71.9 Å². The van der Waals surface area contributed by atoms with Crippen LogP contribution in [0, 0.1) is 0 Å². The molecule has 1 aliphatic heterocycles. The van der Waals surface area contributed by atoms with Gasteiger partial charge in [-0.25, -0.2) is 4.99 Å². The molecule has 1 unspecified atom stereocenters. The molecule has 4 aromatic carbocycles. The lowest BCUT2D eigenvalue weighted by Crippen LogP contribution is -2.33. The number of para-hydroxylation sites is 2. The number of nitrogens with zero attached hydrogens (tertiary/aromatic N) is 2. The number of rotatable bonds is 6. The Bertz CT molecular complexity index is 1510. The minimum atomic E-state index is -0.0612. The Hall–Kier alpha value is -4.35. The fraction of sp³-hybridized carbons (Fsp3) is 0.143. The number of amidine groups is 1. The van der Waals surface area contributed by atoms with Gasteiger partial charge in [-0.2, -0.15) is 0 Å². The lowest BCUT2D eigenvalue weighted by Gasteiger charge is -2.33. The smallest absolute Gasteiger partial charge is 0.242 e. The van der Waals surface area contributed by atoms with Crippen LogP contribution in [0.25, 0.3) is 6.08 Å². The van der Waals surface area contributed by atoms with Crippen LogP contribution in [-0.2, 0) is 4.79 Å². The molecular weight excluding hydrogens is 510 g/mol. The zero-order valence-electron chi connectivity index (χ0n) is 22.2. The highest BCUT2D eigenvalue weighted by Crippen LogP contribution is 2.41. The molecular formula is C35H31N3OS. The van der Waals surface area contributed by atoms with Gasteiger partial charge in [0.15, 0.2) is 5.17 Å². The highest BCUT2D eigenvalue weighted by Gasteiger charge is 2.30. The fourth-order valence-corrected chi connectivity index (χ4v) is 6.10. The summed E-state index contributed by atoms with van der Waals surface area (Å²) < 4.78 is 0. The van der Waals surface area contributed by atoms with E-state index in [4.69, 9.17) is 4.99 Å². The first-order chi connectivity index (χ1) is 19.8. The third-order valence-corrected chi connectivity index (χ3v) is 8.08. The first kappa shape index (κ1) is 25.9. The monoisotopic (exact) mass is 541 g/mol. The predicted molar refractivity (Wildman–Crippen MR) is 168 cm³/mol. The standard InChI is InChI=1S/C35H31N3OS/c39-32(38(29-19-9-3-10-20-29)30-21-11-4-12-22-30)25-40-35-36-33(27-16-7-2-8-17-27)31-23-13-18-28(34(31)37-35)24-26-14-5-1-6-15-26/h1-12,14-17,19-22,24,33H,13,18,23,25H2,(H,36,37)/b28-24+. The lowest BCUT2D eigenvalue weighted by molar-refractivity contribution is -0.115. The zero-order chi connectivity index (χ0) is 27.1. The summed E-state index contributed by atoms with van der Waals surface area (Å²) in [6.45, 7) is 0. The van der Waals surface area contributed by atoms with Crippen molar-refractivity contribution in [2.45, 2.75) is 25.3 Å². The van der Waals surface area contributed by atoms with Crippen molar-refractivity contribution in [3.05, 3.63) is 149 Å². The molecule has 40 heavy (non-hydrogen) atoms. The van der Waals surface area contributed by atoms with Gasteiger partial charge in [-0.3, -0.25) is 9.69 Å². The summed E-state index contributed by atoms with van der Waals surface area (Å²) in [5.74, 6) is 0.268. The van der Waals surface area contributed by atoms with Crippen LogP contribution in [-0.4, -0.2) is 16.8 Å². The Morgan fingerprint density at radius 1 is 0.800 bits per heavy atom. The molecule has 0 spiro atoms. The maximum absolute atomic E-state index is 13.7. The largest absolute Gasteiger partial charge is 0.335 e. The Balaban J connectivity index is 1.30. The number of hydrogen-bond donors (Lipinski definition) is 1. The molecule has 5 heteroatoms. The van der Waals surface area contributed by atoms with Crippen molar-refractivity contribution in [2.24, 2.45) is 4.99 Å². The molecule has 0 saturated carbocycles. The number of hydrogen-bond acceptors (Lipinski definition) is 4. The number of nitrogens with one attached hydrogen (secondary N) is 1. The predicted octanol–water partition coefficient (Wildman–Crippen LogP) is 8.31. The maximum atomic E-state index is 13.7. The van der Waals surface area contributed by atoms with E-state index in [1.54, 1.807) is 4.90 Å². The van der Waals surface area contributed by atoms with E-state index < -0.39 is 0 Å². The first-order valence-corrected chi connectivity index (χ1v) is 14.7. The second-order valence-corrected chi connectivity index (χ2v) is 10.9. The normalized spacial score (nSPS) is 17.6. The van der Waals surface area contributed by atoms with Crippen LogP contribution >= 0.6 is 11.8 Å². The fourth-order valence-electron chi connectivity index (χ4n) is 5.36. The Morgan fingerprint density at radius 3 is 2.00 bits per heavy atom. The summed E-state index contributed by atoms with van der Waals surface area (Å²) in [6.07, 6.45) is 5.40. The minimum absolute atomic E-state index is 0.00614. The molecule has 1 amide bonds. The van der Waals surface area contributed by atoms with Crippen LogP contribution < -0.4 is 10.2 Å². The molecule has 0 aromatic heterocycles. The highest BCUT2D eigenvalue weighted by molar-refractivity contribution is 8.14. The molecule has 2 aliphatic rings. The van der Waals surface area contributed by atoms with Crippen molar-refractivity contribution in [1.82, 2.24) is 5.32 Å². The molecule has 1 heterocycles. The summed E-state index contributed by atoms with van der Waals surface area (Å²) >= 11 is 1.47. The number of aliphatic imine (C=N–C) groups is 1. The number of carbonyl (C=O) groups excluding carboxylic acids is 1. The van der Waals surface area contributed by atoms with Gasteiger partial charge in [0, 0.05) is 17.1 Å². The van der Waals surface area contributed by atoms with E-state index in [9.17, 15) is 4.79 Å². The molecule has 4 aromatic rings. The van der Waals surface area contributed by atoms with Crippen molar-refractivity contribution in [3.63, 3.8) is 0 Å². The van der Waals surface area contributed by atoms with Crippen LogP contribution in [0.15, 0.2) is 143 Å². The molecule has 0 saturated heterocycles. The number of thioether (sulfide) groups is 1. The van der Waals surface area contributed by atoms with Gasteiger partial charge in [-0.15, -0.1) is 0 Å². The molecule has 0 fully saturated rings. The van der Waals surface area contributed by atoms with E-state index in [2.05, 4.69) is 59.9 Å². The molecule has 1 atom stereocenters. The van der Waals surface area contributed by atoms with Crippen molar-refractivity contribution < 1.29 is 4.79 Å². The highest BCUT2D eigenvalue weighted by atomic mass is 32.2. The maximum Gasteiger partial charge on any atom is 0.242 e. The van der Waals surface area contributed by atoms with Crippen LogP contribution in [0.5, 0.6) is 0 Å². The first-order valence-electron chi connectivity index (χ1n) is 13.7. The summed E-state index contributed by atoms with van der Waals surface area (Å²) in [5, 5.41) is 4.43. The second kappa shape index (κ2) is 12.2. The molecule has 0 radical (unpaired) electrons. The average molecular weight is 542 g/mol. The number of anilines is 2. The van der Waals surface area contributed by atoms with Gasteiger partial charge >= 0.3 is 0 Å². The van der Waals surface area contributed by atoms with Gasteiger partial charge in [0.05, 0.1) is 5.75 Å². The van der Waals surface area contributed by atoms with E-state index >= 15 is 0 Å². The van der Waals surface area contributed by atoms with E-state index in [1.807, 2.05) is 72.8 Å². The van der Waals surface area contributed by atoms with E-state index in [0.717, 1.165) is 41.5 Å². The third kappa shape index (κ3) is 5.80. The SMILES string of the molecule is O=C(CSC1=NC(c2ccccc2)C2=C(N1)/C(=C/c1ccccc1)CCC2)N(c1ccccc1)c1ccccc1. The summed E-state index contributed by atoms with van der Waals surface area (Å²) in [7, 11) is 0. The molecule has 6 rings (SSSR count). The van der Waals surface area contributed by atoms with Crippen molar-refractivity contribution in [1.29, 1.82) is 0 Å². The van der Waals surface area contributed by atoms with Crippen molar-refractivity contribution >= 4 is 40.3 Å². The summed E-state index contributed by atoms with van der Waals surface area (Å²) in [6, 6.07) is 40.6. The summed E-state index contributed by atoms with van der Waals surface area (Å²) in [5.41, 5.74) is 7.86. The molecule has 1 N–H and O–H groups in total. The van der Waals surface area contributed by atoms with Crippen LogP contribution in [0.2, 0.25) is 0 Å². The molecule has 4 nitrogen and oxygen atoms in total. The number of allylic oxidation sites excluding steroid dienone is 1. The third-order valence-electron chi connectivity index (χ3n) is 7.21. The molecule has 1 aliphatic carbocycles. The second-order valence-electron chi connectivity index (χ2n) is 9.90. The minimum Gasteiger partial charge on any atom is -0.335 e. The Morgan fingerprint density at radius 2 is 1.38 bits per heavy atom. The zero-order valence-corrected chi connectivity index (χ0v) is 23.1. The topological polar surface area (TPSA) is 44.7 Å². The van der Waals surface area contributed by atoms with Crippen LogP contribution in [0.1, 0.15) is 36.4 Å². The van der Waals surface area contributed by atoms with Gasteiger partial charge < -0.3 is 5.32 Å². The Labute approximate surface area is 240 Å². The van der Waals surface area contributed by atoms with Crippen LogP contribution in [0.4, 0.5) is 11.4 Å². The van der Waals surface area contributed by atoms with Gasteiger partial charge in [-0.1, -0.05) is 109 Å². The van der Waals surface area contributed by atoms with Gasteiger partial charge in [0.25, 0.3) is 0 Å². The van der Waals surface area contributed by atoms with Crippen molar-refractivity contribution in [3.8, 4) is 0 Å². The molecule has 198 valence electrons. The number of benzene rings is 4. The van der Waals surface area contributed by atoms with Crippen LogP contribution in [0.3, 0.4) is 0 Å². The molecule has 0 bridgehead atoms. The average Bonchev–Trinajstić information content (AvgIpc) is 3.02. The van der Waals surface area contributed by atoms with Crippen molar-refractivity contribution in [2.75, 3.05) is 10.7 Å². The summed E-state index contributed by atoms with van der Waals surface area (Å²) in [4.78, 5) is 20.7. The quantitative estimate of drug-likeness (QED) is 0.267. The number of carbonyl (C=O) groups is 1.